The predicted octanol–water partition coefficient (Wildman–Crippen LogP) is 3.49. The number of thiazole rings is 1. The summed E-state index contributed by atoms with van der Waals surface area (Å²) in [6.45, 7) is 3.95. The minimum Gasteiger partial charge on any atom is -0.463 e. The third-order valence-electron chi connectivity index (χ3n) is 5.62. The van der Waals surface area contributed by atoms with Crippen molar-refractivity contribution in [3.63, 3.8) is 0 Å². The molecule has 0 aliphatic carbocycles. The van der Waals surface area contributed by atoms with E-state index in [1.54, 1.807) is 22.3 Å². The molecule has 1 saturated heterocycles. The minimum absolute atomic E-state index is 0.408. The fourth-order valence-corrected chi connectivity index (χ4v) is 4.77. The lowest BCUT2D eigenvalue weighted by atomic mass is 9.98. The van der Waals surface area contributed by atoms with E-state index in [4.69, 9.17) is 9.72 Å². The van der Waals surface area contributed by atoms with Gasteiger partial charge in [0, 0.05) is 36.8 Å². The Morgan fingerprint density at radius 2 is 1.91 bits per heavy atom. The molecule has 5 rings (SSSR count). The summed E-state index contributed by atoms with van der Waals surface area (Å²) in [5.41, 5.74) is 1.97. The summed E-state index contributed by atoms with van der Waals surface area (Å²) >= 11 is 1.67. The van der Waals surface area contributed by atoms with Crippen LogP contribution >= 0.6 is 11.3 Å². The van der Waals surface area contributed by atoms with Crippen LogP contribution in [0.1, 0.15) is 48.2 Å². The zero-order valence-corrected chi connectivity index (χ0v) is 18.6. The first kappa shape index (κ1) is 20.5. The number of rotatable bonds is 7. The van der Waals surface area contributed by atoms with Crippen molar-refractivity contribution in [2.75, 3.05) is 18.0 Å². The Labute approximate surface area is 190 Å². The summed E-state index contributed by atoms with van der Waals surface area (Å²) in [5, 5.41) is 14.7. The van der Waals surface area contributed by atoms with Gasteiger partial charge in [-0.1, -0.05) is 25.1 Å². The van der Waals surface area contributed by atoms with E-state index < -0.39 is 6.23 Å². The van der Waals surface area contributed by atoms with Gasteiger partial charge in [-0.15, -0.1) is 16.4 Å². The van der Waals surface area contributed by atoms with E-state index in [2.05, 4.69) is 37.3 Å². The molecule has 1 aliphatic heterocycles. The molecule has 0 N–H and O–H groups in total. The molecular weight excluding hydrogens is 424 g/mol. The molecule has 1 fully saturated rings. The van der Waals surface area contributed by atoms with Gasteiger partial charge in [0.2, 0.25) is 12.2 Å². The van der Waals surface area contributed by atoms with Crippen molar-refractivity contribution in [3.05, 3.63) is 70.7 Å². The van der Waals surface area contributed by atoms with E-state index >= 15 is 0 Å². The number of nitrogens with zero attached hydrogens (tertiary/aromatic N) is 8. The van der Waals surface area contributed by atoms with Crippen LogP contribution in [0, 0.1) is 0 Å². The van der Waals surface area contributed by atoms with Crippen LogP contribution in [0.2, 0.25) is 0 Å². The maximum Gasteiger partial charge on any atom is 0.238 e. The van der Waals surface area contributed by atoms with Crippen molar-refractivity contribution in [1.82, 2.24) is 35.2 Å². The van der Waals surface area contributed by atoms with Crippen LogP contribution in [-0.4, -0.2) is 48.2 Å². The highest BCUT2D eigenvalue weighted by atomic mass is 32.1. The van der Waals surface area contributed by atoms with E-state index in [0.29, 0.717) is 5.92 Å². The van der Waals surface area contributed by atoms with Gasteiger partial charge in [-0.2, -0.15) is 4.68 Å². The fraction of sp³-hybridized carbons (Fsp3) is 0.364. The van der Waals surface area contributed by atoms with Crippen molar-refractivity contribution in [1.29, 1.82) is 0 Å². The molecule has 10 heteroatoms. The Morgan fingerprint density at radius 1 is 1.12 bits per heavy atom. The third kappa shape index (κ3) is 4.45. The lowest BCUT2D eigenvalue weighted by molar-refractivity contribution is 0.152. The molecule has 0 saturated carbocycles. The summed E-state index contributed by atoms with van der Waals surface area (Å²) in [7, 11) is 0. The molecule has 1 atom stereocenters. The first-order valence-corrected chi connectivity index (χ1v) is 11.6. The van der Waals surface area contributed by atoms with Crippen LogP contribution in [0.5, 0.6) is 5.75 Å². The number of ether oxygens (including phenoxy) is 1. The van der Waals surface area contributed by atoms with Gasteiger partial charge in [0.25, 0.3) is 0 Å². The van der Waals surface area contributed by atoms with Gasteiger partial charge in [0.15, 0.2) is 0 Å². The number of piperidine rings is 1. The molecule has 0 radical (unpaired) electrons. The average Bonchev–Trinajstić information content (AvgIpc) is 3.56. The predicted molar refractivity (Wildman–Crippen MR) is 121 cm³/mol. The number of benzene rings is 1. The van der Waals surface area contributed by atoms with Crippen molar-refractivity contribution < 1.29 is 4.74 Å². The lowest BCUT2D eigenvalue weighted by Crippen LogP contribution is -2.34. The second kappa shape index (κ2) is 9.39. The van der Waals surface area contributed by atoms with Crippen molar-refractivity contribution in [2.24, 2.45) is 0 Å². The van der Waals surface area contributed by atoms with Crippen LogP contribution in [0.15, 0.2) is 54.4 Å². The van der Waals surface area contributed by atoms with Crippen molar-refractivity contribution >= 4 is 17.3 Å². The van der Waals surface area contributed by atoms with Gasteiger partial charge in [0.05, 0.1) is 5.01 Å². The van der Waals surface area contributed by atoms with Crippen LogP contribution < -0.4 is 9.64 Å². The van der Waals surface area contributed by atoms with E-state index in [1.165, 1.54) is 0 Å². The van der Waals surface area contributed by atoms with Gasteiger partial charge in [0.1, 0.15) is 17.8 Å². The summed E-state index contributed by atoms with van der Waals surface area (Å²) in [6, 6.07) is 9.65. The van der Waals surface area contributed by atoms with E-state index in [9.17, 15) is 0 Å². The number of tetrazole rings is 1. The van der Waals surface area contributed by atoms with Gasteiger partial charge in [-0.05, 0) is 47.4 Å². The Morgan fingerprint density at radius 3 is 2.59 bits per heavy atom. The molecule has 1 aliphatic rings. The largest absolute Gasteiger partial charge is 0.463 e. The quantitative estimate of drug-likeness (QED) is 0.424. The molecule has 0 spiro atoms. The Bertz CT molecular complexity index is 1110. The number of hydrogen-bond acceptors (Lipinski definition) is 9. The molecule has 32 heavy (non-hydrogen) atoms. The average molecular weight is 449 g/mol. The summed E-state index contributed by atoms with van der Waals surface area (Å²) < 4.78 is 7.77. The van der Waals surface area contributed by atoms with Gasteiger partial charge in [-0.3, -0.25) is 0 Å². The molecule has 4 aromatic rings. The second-order valence-electron chi connectivity index (χ2n) is 7.69. The topological polar surface area (TPSA) is 94.7 Å². The third-order valence-corrected chi connectivity index (χ3v) is 6.64. The second-order valence-corrected chi connectivity index (χ2v) is 8.58. The van der Waals surface area contributed by atoms with Gasteiger partial charge >= 0.3 is 0 Å². The molecular formula is C22H24N8OS. The minimum atomic E-state index is -0.511. The van der Waals surface area contributed by atoms with E-state index in [1.807, 2.05) is 48.1 Å². The molecule has 0 amide bonds. The molecule has 1 aromatic carbocycles. The summed E-state index contributed by atoms with van der Waals surface area (Å²) in [4.78, 5) is 16.3. The van der Waals surface area contributed by atoms with E-state index in [0.717, 1.165) is 60.3 Å². The molecule has 3 aromatic heterocycles. The monoisotopic (exact) mass is 448 g/mol. The standard InChI is InChI=1S/C22H24N8OS/c1-2-16-12-23-22(24-13-16)29-10-8-17(9-11-29)20-26-19(14-32-20)21(30-15-25-27-28-30)31-18-6-4-3-5-7-18/h3-7,12-15,17,21H,2,8-11H2,1H3. The van der Waals surface area contributed by atoms with Crippen LogP contribution in [0.3, 0.4) is 0 Å². The molecule has 4 heterocycles. The highest BCUT2D eigenvalue weighted by Crippen LogP contribution is 2.33. The SMILES string of the molecule is CCc1cnc(N2CCC(c3nc(C(Oc4ccccc4)n4cnnn4)cs3)CC2)nc1. The normalized spacial score (nSPS) is 15.6. The van der Waals surface area contributed by atoms with Crippen LogP contribution in [0.25, 0.3) is 0 Å². The fourth-order valence-electron chi connectivity index (χ4n) is 3.78. The van der Waals surface area contributed by atoms with Crippen LogP contribution in [0.4, 0.5) is 5.95 Å². The first-order valence-electron chi connectivity index (χ1n) is 10.8. The Kier molecular flexibility index (Phi) is 6.02. The number of hydrogen-bond donors (Lipinski definition) is 0. The maximum absolute atomic E-state index is 6.18. The maximum atomic E-state index is 6.18. The lowest BCUT2D eigenvalue weighted by Gasteiger charge is -2.31. The Balaban J connectivity index is 1.28. The number of para-hydroxylation sites is 1. The summed E-state index contributed by atoms with van der Waals surface area (Å²) in [6.07, 6.45) is 7.87. The van der Waals surface area contributed by atoms with Crippen LogP contribution in [-0.2, 0) is 6.42 Å². The molecule has 0 bridgehead atoms. The van der Waals surface area contributed by atoms with Gasteiger partial charge < -0.3 is 9.64 Å². The van der Waals surface area contributed by atoms with E-state index in [-0.39, 0.29) is 0 Å². The zero-order valence-electron chi connectivity index (χ0n) is 17.8. The van der Waals surface area contributed by atoms with Crippen molar-refractivity contribution in [3.8, 4) is 5.75 Å². The number of anilines is 1. The zero-order chi connectivity index (χ0) is 21.8. The van der Waals surface area contributed by atoms with Crippen molar-refractivity contribution in [2.45, 2.75) is 38.3 Å². The smallest absolute Gasteiger partial charge is 0.238 e. The molecule has 1 unspecified atom stereocenters. The number of aromatic nitrogens is 7. The molecule has 164 valence electrons. The highest BCUT2D eigenvalue weighted by molar-refractivity contribution is 7.09. The molecule has 9 nitrogen and oxygen atoms in total. The Hall–Kier alpha value is -3.40. The number of aryl methyl sites for hydroxylation is 1. The van der Waals surface area contributed by atoms with Gasteiger partial charge in [-0.25, -0.2) is 15.0 Å². The summed E-state index contributed by atoms with van der Waals surface area (Å²) in [5.74, 6) is 1.96. The first-order chi connectivity index (χ1) is 15.8. The highest BCUT2D eigenvalue weighted by Gasteiger charge is 2.27.